The van der Waals surface area contributed by atoms with E-state index in [1.165, 1.54) is 0 Å². The van der Waals surface area contributed by atoms with Gasteiger partial charge in [0.2, 0.25) is 0 Å². The van der Waals surface area contributed by atoms with Crippen LogP contribution in [0.5, 0.6) is 0 Å². The fourth-order valence-electron chi connectivity index (χ4n) is 2.53. The maximum Gasteiger partial charge on any atom is 0.407 e. The SMILES string of the molecule is CC(C)(C)OC(=O)NCc1cn2nc(Cl)c(CN3CCNC3=O)cc2n1. The Labute approximate surface area is 155 Å². The summed E-state index contributed by atoms with van der Waals surface area (Å²) < 4.78 is 6.74. The first-order valence-electron chi connectivity index (χ1n) is 8.24. The Morgan fingerprint density at radius 2 is 2.23 bits per heavy atom. The number of carbonyl (C=O) groups is 2. The average Bonchev–Trinajstić information content (AvgIpc) is 3.10. The number of ether oxygens (including phenoxy) is 1. The lowest BCUT2D eigenvalue weighted by Crippen LogP contribution is -2.32. The van der Waals surface area contributed by atoms with Gasteiger partial charge in [-0.3, -0.25) is 0 Å². The highest BCUT2D eigenvalue weighted by Gasteiger charge is 2.21. The molecule has 9 nitrogen and oxygen atoms in total. The molecule has 0 atom stereocenters. The topological polar surface area (TPSA) is 101 Å². The Bertz CT molecular complexity index is 844. The highest BCUT2D eigenvalue weighted by molar-refractivity contribution is 6.30. The summed E-state index contributed by atoms with van der Waals surface area (Å²) in [6.07, 6.45) is 1.17. The number of hydrogen-bond donors (Lipinski definition) is 2. The number of halogens is 1. The minimum Gasteiger partial charge on any atom is -0.444 e. The van der Waals surface area contributed by atoms with Crippen molar-refractivity contribution < 1.29 is 14.3 Å². The third-order valence-electron chi connectivity index (χ3n) is 3.65. The van der Waals surface area contributed by atoms with Crippen molar-refractivity contribution in [3.05, 3.63) is 28.7 Å². The second-order valence-corrected chi connectivity index (χ2v) is 7.36. The monoisotopic (exact) mass is 380 g/mol. The Morgan fingerprint density at radius 1 is 1.46 bits per heavy atom. The van der Waals surface area contributed by atoms with Gasteiger partial charge in [-0.15, -0.1) is 0 Å². The summed E-state index contributed by atoms with van der Waals surface area (Å²) in [5.41, 5.74) is 1.36. The molecule has 0 aromatic carbocycles. The molecule has 140 valence electrons. The van der Waals surface area contributed by atoms with Crippen LogP contribution < -0.4 is 10.6 Å². The zero-order valence-electron chi connectivity index (χ0n) is 14.9. The quantitative estimate of drug-likeness (QED) is 0.844. The molecule has 3 heterocycles. The molecule has 0 bridgehead atoms. The lowest BCUT2D eigenvalue weighted by molar-refractivity contribution is 0.0523. The molecule has 2 N–H and O–H groups in total. The fraction of sp³-hybridized carbons (Fsp3) is 0.500. The van der Waals surface area contributed by atoms with Crippen LogP contribution in [0.3, 0.4) is 0 Å². The van der Waals surface area contributed by atoms with Crippen LogP contribution in [0.2, 0.25) is 5.15 Å². The van der Waals surface area contributed by atoms with Crippen molar-refractivity contribution in [3.63, 3.8) is 0 Å². The van der Waals surface area contributed by atoms with Gasteiger partial charge in [0.05, 0.1) is 25.0 Å². The van der Waals surface area contributed by atoms with Gasteiger partial charge >= 0.3 is 12.1 Å². The zero-order valence-corrected chi connectivity index (χ0v) is 15.6. The normalized spacial score (nSPS) is 14.6. The molecular weight excluding hydrogens is 360 g/mol. The number of hydrogen-bond acceptors (Lipinski definition) is 5. The fourth-order valence-corrected chi connectivity index (χ4v) is 2.72. The van der Waals surface area contributed by atoms with Gasteiger partial charge in [0, 0.05) is 18.7 Å². The van der Waals surface area contributed by atoms with Crippen LogP contribution in [0.15, 0.2) is 12.3 Å². The maximum atomic E-state index is 11.7. The zero-order chi connectivity index (χ0) is 18.9. The van der Waals surface area contributed by atoms with Crippen LogP contribution in [0.4, 0.5) is 9.59 Å². The predicted octanol–water partition coefficient (Wildman–Crippen LogP) is 1.93. The first-order chi connectivity index (χ1) is 12.2. The molecule has 10 heteroatoms. The Kier molecular flexibility index (Phi) is 4.90. The van der Waals surface area contributed by atoms with Crippen molar-refractivity contribution in [1.29, 1.82) is 0 Å². The van der Waals surface area contributed by atoms with Crippen LogP contribution in [0.25, 0.3) is 5.65 Å². The van der Waals surface area contributed by atoms with Crippen LogP contribution in [-0.4, -0.2) is 50.3 Å². The van der Waals surface area contributed by atoms with Gasteiger partial charge in [0.25, 0.3) is 0 Å². The van der Waals surface area contributed by atoms with Crippen molar-refractivity contribution in [1.82, 2.24) is 30.1 Å². The molecule has 1 aliphatic rings. The van der Waals surface area contributed by atoms with Gasteiger partial charge in [0.15, 0.2) is 10.8 Å². The molecule has 0 saturated carbocycles. The van der Waals surface area contributed by atoms with Gasteiger partial charge in [-0.05, 0) is 26.8 Å². The number of nitrogens with one attached hydrogen (secondary N) is 2. The van der Waals surface area contributed by atoms with E-state index in [1.54, 1.807) is 42.4 Å². The molecule has 2 aromatic rings. The largest absolute Gasteiger partial charge is 0.444 e. The van der Waals surface area contributed by atoms with E-state index in [1.807, 2.05) is 0 Å². The lowest BCUT2D eigenvalue weighted by Gasteiger charge is -2.19. The molecule has 1 fully saturated rings. The van der Waals surface area contributed by atoms with E-state index in [0.717, 1.165) is 0 Å². The van der Waals surface area contributed by atoms with Gasteiger partial charge in [0.1, 0.15) is 5.60 Å². The van der Waals surface area contributed by atoms with Gasteiger partial charge in [-0.25, -0.2) is 19.1 Å². The molecular formula is C16H21ClN6O3. The first-order valence-corrected chi connectivity index (χ1v) is 8.62. The molecule has 0 unspecified atom stereocenters. The Morgan fingerprint density at radius 3 is 2.88 bits per heavy atom. The van der Waals surface area contributed by atoms with E-state index in [-0.39, 0.29) is 12.6 Å². The average molecular weight is 381 g/mol. The number of alkyl carbamates (subject to hydrolysis) is 1. The molecule has 1 aliphatic heterocycles. The van der Waals surface area contributed by atoms with Crippen molar-refractivity contribution in [2.75, 3.05) is 13.1 Å². The summed E-state index contributed by atoms with van der Waals surface area (Å²) in [6.45, 7) is 7.21. The third kappa shape index (κ3) is 4.34. The minimum absolute atomic E-state index is 0.119. The van der Waals surface area contributed by atoms with E-state index >= 15 is 0 Å². The number of carbonyl (C=O) groups excluding carboxylic acids is 2. The maximum absolute atomic E-state index is 11.7. The van der Waals surface area contributed by atoms with Crippen LogP contribution >= 0.6 is 11.6 Å². The number of rotatable bonds is 4. The van der Waals surface area contributed by atoms with E-state index in [9.17, 15) is 9.59 Å². The highest BCUT2D eigenvalue weighted by Crippen LogP contribution is 2.18. The molecule has 3 amide bonds. The van der Waals surface area contributed by atoms with Gasteiger partial charge in [-0.1, -0.05) is 11.6 Å². The lowest BCUT2D eigenvalue weighted by atomic mass is 10.2. The van der Waals surface area contributed by atoms with Crippen LogP contribution in [0.1, 0.15) is 32.0 Å². The molecule has 0 aliphatic carbocycles. The highest BCUT2D eigenvalue weighted by atomic mass is 35.5. The summed E-state index contributed by atoms with van der Waals surface area (Å²) in [4.78, 5) is 29.5. The molecule has 26 heavy (non-hydrogen) atoms. The number of amides is 3. The molecule has 1 saturated heterocycles. The number of aromatic nitrogens is 3. The van der Waals surface area contributed by atoms with Crippen molar-refractivity contribution in [3.8, 4) is 0 Å². The molecule has 3 rings (SSSR count). The number of nitrogens with zero attached hydrogens (tertiary/aromatic N) is 4. The minimum atomic E-state index is -0.561. The molecule has 2 aromatic heterocycles. The Hall–Kier alpha value is -2.55. The van der Waals surface area contributed by atoms with E-state index < -0.39 is 11.7 Å². The van der Waals surface area contributed by atoms with E-state index in [4.69, 9.17) is 16.3 Å². The standard InChI is InChI=1S/C16H21ClN6O3/c1-16(2,3)26-15(25)19-7-11-9-23-12(20-11)6-10(13(17)21-23)8-22-5-4-18-14(22)24/h6,9H,4-5,7-8H2,1-3H3,(H,18,24)(H,19,25). The molecule has 0 spiro atoms. The second-order valence-electron chi connectivity index (χ2n) is 7.00. The number of imidazole rings is 1. The third-order valence-corrected chi connectivity index (χ3v) is 3.97. The van der Waals surface area contributed by atoms with E-state index in [0.29, 0.717) is 41.7 Å². The van der Waals surface area contributed by atoms with Crippen molar-refractivity contribution in [2.45, 2.75) is 39.5 Å². The number of urea groups is 1. The van der Waals surface area contributed by atoms with Gasteiger partial charge < -0.3 is 20.3 Å². The van der Waals surface area contributed by atoms with E-state index in [2.05, 4.69) is 20.7 Å². The summed E-state index contributed by atoms with van der Waals surface area (Å²) in [5.74, 6) is 0. The summed E-state index contributed by atoms with van der Waals surface area (Å²) in [7, 11) is 0. The van der Waals surface area contributed by atoms with Crippen LogP contribution in [0, 0.1) is 0 Å². The number of fused-ring (bicyclic) bond motifs is 1. The van der Waals surface area contributed by atoms with Gasteiger partial charge in [-0.2, -0.15) is 5.10 Å². The smallest absolute Gasteiger partial charge is 0.407 e. The van der Waals surface area contributed by atoms with Crippen molar-refractivity contribution >= 4 is 29.4 Å². The van der Waals surface area contributed by atoms with Crippen molar-refractivity contribution in [2.24, 2.45) is 0 Å². The summed E-state index contributed by atoms with van der Waals surface area (Å²) >= 11 is 6.23. The molecule has 0 radical (unpaired) electrons. The first kappa shape index (κ1) is 18.2. The predicted molar refractivity (Wildman–Crippen MR) is 94.9 cm³/mol. The summed E-state index contributed by atoms with van der Waals surface area (Å²) in [5, 5.41) is 9.97. The second kappa shape index (κ2) is 6.99. The van der Waals surface area contributed by atoms with Crippen LogP contribution in [-0.2, 0) is 17.8 Å². The summed E-state index contributed by atoms with van der Waals surface area (Å²) in [6, 6.07) is 1.67. The Balaban J connectivity index is 1.70.